The highest BCUT2D eigenvalue weighted by Crippen LogP contribution is 2.24. The third-order valence-corrected chi connectivity index (χ3v) is 3.57. The molecule has 3 rings (SSSR count). The summed E-state index contributed by atoms with van der Waals surface area (Å²) in [6.45, 7) is 0. The van der Waals surface area contributed by atoms with Crippen LogP contribution in [0.2, 0.25) is 0 Å². The lowest BCUT2D eigenvalue weighted by atomic mass is 9.99. The molecule has 0 aliphatic heterocycles. The number of carboxylic acids is 1. The molecule has 1 amide bonds. The third kappa shape index (κ3) is 2.46. The van der Waals surface area contributed by atoms with Crippen molar-refractivity contribution in [3.8, 4) is 0 Å². The molecular weight excluding hydrogens is 290 g/mol. The Morgan fingerprint density at radius 1 is 1.10 bits per heavy atom. The van der Waals surface area contributed by atoms with Gasteiger partial charge < -0.3 is 5.11 Å². The molecule has 2 aromatic carbocycles. The summed E-state index contributed by atoms with van der Waals surface area (Å²) in [7, 11) is 0. The van der Waals surface area contributed by atoms with Gasteiger partial charge in [-0.25, -0.2) is 4.79 Å². The summed E-state index contributed by atoms with van der Waals surface area (Å²) in [6.07, 6.45) is 0. The minimum atomic E-state index is -1.07. The van der Waals surface area contributed by atoms with E-state index in [2.05, 4.69) is 15.5 Å². The summed E-state index contributed by atoms with van der Waals surface area (Å²) in [6, 6.07) is 9.96. The summed E-state index contributed by atoms with van der Waals surface area (Å²) in [4.78, 5) is 23.7. The Balaban J connectivity index is 2.13. The molecule has 0 unspecified atom stereocenters. The Kier molecular flexibility index (Phi) is 3.33. The minimum absolute atomic E-state index is 0.0931. The molecule has 0 saturated carbocycles. The average Bonchev–Trinajstić information content (AvgIpc) is 2.98. The number of carbonyl (C=O) groups excluding carboxylic acids is 1. The number of anilines is 1. The van der Waals surface area contributed by atoms with Crippen molar-refractivity contribution in [2.24, 2.45) is 0 Å². The number of nitrogens with one attached hydrogen (secondary N) is 1. The predicted octanol–water partition coefficient (Wildman–Crippen LogP) is 2.64. The largest absolute Gasteiger partial charge is 0.478 e. The Labute approximate surface area is 123 Å². The standard InChI is InChI=1S/C14H9N3O3S/c18-12(16-14-17-15-7-21-14)9-5-1-3-8-4-2-6-10(11(8)9)13(19)20/h1-7H,(H,19,20)(H,16,17,18). The van der Waals surface area contributed by atoms with Gasteiger partial charge in [-0.05, 0) is 17.5 Å². The van der Waals surface area contributed by atoms with Gasteiger partial charge in [0.15, 0.2) is 0 Å². The molecule has 0 aliphatic carbocycles. The summed E-state index contributed by atoms with van der Waals surface area (Å²) >= 11 is 1.19. The molecule has 1 heterocycles. The van der Waals surface area contributed by atoms with Gasteiger partial charge in [0.25, 0.3) is 5.91 Å². The fourth-order valence-corrected chi connectivity index (χ4v) is 2.54. The lowest BCUT2D eigenvalue weighted by Gasteiger charge is -2.08. The van der Waals surface area contributed by atoms with Crippen LogP contribution in [0.15, 0.2) is 41.9 Å². The van der Waals surface area contributed by atoms with Gasteiger partial charge in [-0.3, -0.25) is 10.1 Å². The predicted molar refractivity (Wildman–Crippen MR) is 78.8 cm³/mol. The minimum Gasteiger partial charge on any atom is -0.478 e. The maximum atomic E-state index is 12.3. The first-order valence-corrected chi connectivity index (χ1v) is 6.87. The van der Waals surface area contributed by atoms with Crippen LogP contribution in [0.1, 0.15) is 20.7 Å². The summed E-state index contributed by atoms with van der Waals surface area (Å²) in [5.74, 6) is -1.48. The first-order valence-electron chi connectivity index (χ1n) is 5.99. The highest BCUT2D eigenvalue weighted by Gasteiger charge is 2.17. The van der Waals surface area contributed by atoms with Crippen LogP contribution in [-0.4, -0.2) is 27.2 Å². The fourth-order valence-electron chi connectivity index (χ4n) is 2.10. The second-order valence-electron chi connectivity index (χ2n) is 4.21. The van der Waals surface area contributed by atoms with Gasteiger partial charge in [-0.2, -0.15) is 0 Å². The van der Waals surface area contributed by atoms with Crippen molar-refractivity contribution in [2.45, 2.75) is 0 Å². The normalized spacial score (nSPS) is 10.5. The van der Waals surface area contributed by atoms with Crippen LogP contribution in [0, 0.1) is 0 Å². The molecule has 7 heteroatoms. The van der Waals surface area contributed by atoms with Crippen LogP contribution in [-0.2, 0) is 0 Å². The molecule has 2 N–H and O–H groups in total. The molecule has 0 fully saturated rings. The molecule has 104 valence electrons. The molecule has 0 spiro atoms. The van der Waals surface area contributed by atoms with Crippen molar-refractivity contribution in [1.82, 2.24) is 10.2 Å². The van der Waals surface area contributed by atoms with Crippen molar-refractivity contribution >= 4 is 39.1 Å². The number of carbonyl (C=O) groups is 2. The van der Waals surface area contributed by atoms with Crippen molar-refractivity contribution in [2.75, 3.05) is 5.32 Å². The van der Waals surface area contributed by atoms with Crippen LogP contribution in [0.4, 0.5) is 5.13 Å². The van der Waals surface area contributed by atoms with Gasteiger partial charge >= 0.3 is 5.97 Å². The summed E-state index contributed by atoms with van der Waals surface area (Å²) < 4.78 is 0. The molecule has 0 bridgehead atoms. The van der Waals surface area contributed by atoms with Crippen LogP contribution in [0.25, 0.3) is 10.8 Å². The van der Waals surface area contributed by atoms with Crippen LogP contribution in [0.3, 0.4) is 0 Å². The number of amides is 1. The Hall–Kier alpha value is -2.80. The van der Waals surface area contributed by atoms with E-state index < -0.39 is 11.9 Å². The number of benzene rings is 2. The Morgan fingerprint density at radius 2 is 1.81 bits per heavy atom. The van der Waals surface area contributed by atoms with Gasteiger partial charge in [0.05, 0.1) is 5.56 Å². The lowest BCUT2D eigenvalue weighted by Crippen LogP contribution is -2.13. The second-order valence-corrected chi connectivity index (χ2v) is 5.05. The zero-order valence-corrected chi connectivity index (χ0v) is 11.4. The van der Waals surface area contributed by atoms with E-state index in [1.807, 2.05) is 0 Å². The molecule has 6 nitrogen and oxygen atoms in total. The van der Waals surface area contributed by atoms with Crippen LogP contribution >= 0.6 is 11.3 Å². The third-order valence-electron chi connectivity index (χ3n) is 2.96. The fraction of sp³-hybridized carbons (Fsp3) is 0. The van der Waals surface area contributed by atoms with E-state index >= 15 is 0 Å². The quantitative estimate of drug-likeness (QED) is 0.775. The number of nitrogens with zero attached hydrogens (tertiary/aromatic N) is 2. The van der Waals surface area contributed by atoms with Crippen molar-refractivity contribution < 1.29 is 14.7 Å². The maximum Gasteiger partial charge on any atom is 0.336 e. The van der Waals surface area contributed by atoms with Gasteiger partial charge in [0, 0.05) is 10.9 Å². The van der Waals surface area contributed by atoms with Gasteiger partial charge in [0.1, 0.15) is 5.51 Å². The first-order chi connectivity index (χ1) is 10.2. The topological polar surface area (TPSA) is 92.2 Å². The van der Waals surface area contributed by atoms with E-state index in [-0.39, 0.29) is 5.56 Å². The van der Waals surface area contributed by atoms with E-state index in [0.29, 0.717) is 21.5 Å². The van der Waals surface area contributed by atoms with Gasteiger partial charge in [0.2, 0.25) is 5.13 Å². The van der Waals surface area contributed by atoms with Gasteiger partial charge in [-0.1, -0.05) is 35.6 Å². The average molecular weight is 299 g/mol. The highest BCUT2D eigenvalue weighted by atomic mass is 32.1. The van der Waals surface area contributed by atoms with E-state index in [1.165, 1.54) is 22.9 Å². The molecule has 0 saturated heterocycles. The monoisotopic (exact) mass is 299 g/mol. The molecule has 0 atom stereocenters. The molecule has 0 aliphatic rings. The Bertz CT molecular complexity index is 825. The number of rotatable bonds is 3. The number of aromatic carboxylic acids is 1. The molecule has 1 aromatic heterocycles. The number of aromatic nitrogens is 2. The SMILES string of the molecule is O=C(O)c1cccc2cccc(C(=O)Nc3nncs3)c12. The lowest BCUT2D eigenvalue weighted by molar-refractivity contribution is 0.0699. The smallest absolute Gasteiger partial charge is 0.336 e. The zero-order valence-electron chi connectivity index (χ0n) is 10.6. The first kappa shape index (κ1) is 13.2. The van der Waals surface area contributed by atoms with E-state index in [0.717, 1.165) is 0 Å². The molecule has 21 heavy (non-hydrogen) atoms. The Morgan fingerprint density at radius 3 is 2.43 bits per heavy atom. The van der Waals surface area contributed by atoms with Crippen molar-refractivity contribution in [3.05, 3.63) is 53.0 Å². The number of fused-ring (bicyclic) bond motifs is 1. The zero-order chi connectivity index (χ0) is 14.8. The second kappa shape index (κ2) is 5.29. The number of hydrogen-bond acceptors (Lipinski definition) is 5. The van der Waals surface area contributed by atoms with Crippen LogP contribution < -0.4 is 5.32 Å². The molecule has 0 radical (unpaired) electrons. The number of hydrogen-bond donors (Lipinski definition) is 2. The van der Waals surface area contributed by atoms with E-state index in [9.17, 15) is 14.7 Å². The van der Waals surface area contributed by atoms with Crippen molar-refractivity contribution in [3.63, 3.8) is 0 Å². The van der Waals surface area contributed by atoms with Gasteiger partial charge in [-0.15, -0.1) is 10.2 Å². The maximum absolute atomic E-state index is 12.3. The summed E-state index contributed by atoms with van der Waals surface area (Å²) in [5, 5.41) is 20.8. The van der Waals surface area contributed by atoms with Crippen molar-refractivity contribution in [1.29, 1.82) is 0 Å². The molecule has 3 aromatic rings. The molecular formula is C14H9N3O3S. The van der Waals surface area contributed by atoms with Crippen LogP contribution in [0.5, 0.6) is 0 Å². The highest BCUT2D eigenvalue weighted by molar-refractivity contribution is 7.13. The number of carboxylic acid groups (broad SMARTS) is 1. The van der Waals surface area contributed by atoms with E-state index in [4.69, 9.17) is 0 Å². The van der Waals surface area contributed by atoms with E-state index in [1.54, 1.807) is 30.3 Å². The summed E-state index contributed by atoms with van der Waals surface area (Å²) in [5.41, 5.74) is 1.89.